The summed E-state index contributed by atoms with van der Waals surface area (Å²) in [5, 5.41) is 12.4. The van der Waals surface area contributed by atoms with Crippen LogP contribution in [-0.2, 0) is 6.54 Å². The van der Waals surface area contributed by atoms with Gasteiger partial charge in [-0.3, -0.25) is 0 Å². The van der Waals surface area contributed by atoms with E-state index in [2.05, 4.69) is 19.2 Å². The lowest BCUT2D eigenvalue weighted by molar-refractivity contribution is 0.0661. The normalized spacial score (nSPS) is 19.5. The van der Waals surface area contributed by atoms with E-state index in [4.69, 9.17) is 9.52 Å². The molecule has 0 atom stereocenters. The van der Waals surface area contributed by atoms with E-state index < -0.39 is 5.97 Å². The maximum absolute atomic E-state index is 10.8. The second-order valence-electron chi connectivity index (χ2n) is 6.32. The molecule has 1 aromatic rings. The molecule has 0 aromatic carbocycles. The Labute approximate surface area is 114 Å². The molecule has 1 aliphatic rings. The SMILES string of the molecule is Cc1oc(C(=O)O)cc1CNC1CCC(C)(C)CC1. The smallest absolute Gasteiger partial charge is 0.371 e. The van der Waals surface area contributed by atoms with Gasteiger partial charge >= 0.3 is 5.97 Å². The molecule has 2 rings (SSSR count). The highest BCUT2D eigenvalue weighted by atomic mass is 16.4. The van der Waals surface area contributed by atoms with E-state index in [9.17, 15) is 4.79 Å². The number of aryl methyl sites for hydroxylation is 1. The molecule has 1 aromatic heterocycles. The quantitative estimate of drug-likeness (QED) is 0.876. The first-order chi connectivity index (χ1) is 8.87. The summed E-state index contributed by atoms with van der Waals surface area (Å²) in [6.45, 7) is 7.15. The highest BCUT2D eigenvalue weighted by molar-refractivity contribution is 5.84. The van der Waals surface area contributed by atoms with Gasteiger partial charge in [0.2, 0.25) is 5.76 Å². The Bertz CT molecular complexity index is 452. The third-order valence-electron chi connectivity index (χ3n) is 4.15. The monoisotopic (exact) mass is 265 g/mol. The molecule has 106 valence electrons. The zero-order valence-corrected chi connectivity index (χ0v) is 12.0. The van der Waals surface area contributed by atoms with Crippen LogP contribution in [0.25, 0.3) is 0 Å². The lowest BCUT2D eigenvalue weighted by Gasteiger charge is -2.34. The Morgan fingerprint density at radius 3 is 2.63 bits per heavy atom. The molecule has 0 bridgehead atoms. The maximum atomic E-state index is 10.8. The third kappa shape index (κ3) is 3.60. The summed E-state index contributed by atoms with van der Waals surface area (Å²) in [6, 6.07) is 2.16. The average Bonchev–Trinajstić information content (AvgIpc) is 2.70. The summed E-state index contributed by atoms with van der Waals surface area (Å²) >= 11 is 0. The summed E-state index contributed by atoms with van der Waals surface area (Å²) in [5.41, 5.74) is 1.42. The van der Waals surface area contributed by atoms with Gasteiger partial charge in [-0.1, -0.05) is 13.8 Å². The van der Waals surface area contributed by atoms with Crippen molar-refractivity contribution in [3.8, 4) is 0 Å². The van der Waals surface area contributed by atoms with Crippen molar-refractivity contribution in [3.05, 3.63) is 23.2 Å². The molecule has 0 unspecified atom stereocenters. The van der Waals surface area contributed by atoms with Crippen LogP contribution in [0.15, 0.2) is 10.5 Å². The fourth-order valence-electron chi connectivity index (χ4n) is 2.66. The molecule has 0 amide bonds. The number of rotatable bonds is 4. The number of furan rings is 1. The predicted octanol–water partition coefficient (Wildman–Crippen LogP) is 3.34. The molecule has 2 N–H and O–H groups in total. The minimum Gasteiger partial charge on any atom is -0.475 e. The Balaban J connectivity index is 1.88. The van der Waals surface area contributed by atoms with E-state index >= 15 is 0 Å². The minimum absolute atomic E-state index is 0.0269. The van der Waals surface area contributed by atoms with Gasteiger partial charge in [-0.25, -0.2) is 4.79 Å². The van der Waals surface area contributed by atoms with Gasteiger partial charge in [-0.15, -0.1) is 0 Å². The zero-order valence-electron chi connectivity index (χ0n) is 12.0. The number of carbonyl (C=O) groups is 1. The predicted molar refractivity (Wildman–Crippen MR) is 73.3 cm³/mol. The van der Waals surface area contributed by atoms with Crippen LogP contribution < -0.4 is 5.32 Å². The van der Waals surface area contributed by atoms with Crippen molar-refractivity contribution in [2.24, 2.45) is 5.41 Å². The van der Waals surface area contributed by atoms with Gasteiger partial charge in [-0.2, -0.15) is 0 Å². The third-order valence-corrected chi connectivity index (χ3v) is 4.15. The van der Waals surface area contributed by atoms with Crippen LogP contribution >= 0.6 is 0 Å². The Morgan fingerprint density at radius 1 is 1.47 bits per heavy atom. The second kappa shape index (κ2) is 5.37. The van der Waals surface area contributed by atoms with Crippen molar-refractivity contribution < 1.29 is 14.3 Å². The number of hydrogen-bond donors (Lipinski definition) is 2. The number of carboxylic acids is 1. The molecular weight excluding hydrogens is 242 g/mol. The van der Waals surface area contributed by atoms with E-state index in [0.717, 1.165) is 5.56 Å². The molecule has 1 heterocycles. The molecule has 0 radical (unpaired) electrons. The topological polar surface area (TPSA) is 62.5 Å². The first-order valence-corrected chi connectivity index (χ1v) is 6.93. The Morgan fingerprint density at radius 2 is 2.11 bits per heavy atom. The number of carboxylic acid groups (broad SMARTS) is 1. The van der Waals surface area contributed by atoms with Gasteiger partial charge in [0, 0.05) is 18.2 Å². The van der Waals surface area contributed by atoms with E-state index in [1.165, 1.54) is 25.7 Å². The molecule has 1 aliphatic carbocycles. The van der Waals surface area contributed by atoms with Crippen LogP contribution in [0.2, 0.25) is 0 Å². The summed E-state index contributed by atoms with van der Waals surface area (Å²) < 4.78 is 5.21. The maximum Gasteiger partial charge on any atom is 0.371 e. The van der Waals surface area contributed by atoms with Crippen LogP contribution in [-0.4, -0.2) is 17.1 Å². The molecule has 19 heavy (non-hydrogen) atoms. The van der Waals surface area contributed by atoms with Crippen LogP contribution in [0, 0.1) is 12.3 Å². The molecule has 4 nitrogen and oxygen atoms in total. The zero-order chi connectivity index (χ0) is 14.0. The van der Waals surface area contributed by atoms with E-state index in [1.54, 1.807) is 6.07 Å². The minimum atomic E-state index is -1.01. The summed E-state index contributed by atoms with van der Waals surface area (Å²) in [4.78, 5) is 10.8. The van der Waals surface area contributed by atoms with Gasteiger partial charge in [0.25, 0.3) is 0 Å². The van der Waals surface area contributed by atoms with Crippen molar-refractivity contribution >= 4 is 5.97 Å². The first kappa shape index (κ1) is 14.1. The summed E-state index contributed by atoms with van der Waals surface area (Å²) in [5.74, 6) is -0.283. The van der Waals surface area contributed by atoms with Crippen LogP contribution in [0.4, 0.5) is 0 Å². The van der Waals surface area contributed by atoms with Gasteiger partial charge in [-0.05, 0) is 44.1 Å². The molecule has 0 aliphatic heterocycles. The molecule has 0 saturated heterocycles. The molecule has 4 heteroatoms. The Hall–Kier alpha value is -1.29. The fraction of sp³-hybridized carbons (Fsp3) is 0.667. The van der Waals surface area contributed by atoms with Gasteiger partial charge in [0.1, 0.15) is 5.76 Å². The van der Waals surface area contributed by atoms with Crippen molar-refractivity contribution in [3.63, 3.8) is 0 Å². The van der Waals surface area contributed by atoms with E-state index in [1.807, 2.05) is 6.92 Å². The second-order valence-corrected chi connectivity index (χ2v) is 6.32. The van der Waals surface area contributed by atoms with E-state index in [0.29, 0.717) is 23.8 Å². The lowest BCUT2D eigenvalue weighted by Crippen LogP contribution is -2.35. The van der Waals surface area contributed by atoms with Crippen molar-refractivity contribution in [2.45, 2.75) is 59.0 Å². The number of nitrogens with one attached hydrogen (secondary N) is 1. The van der Waals surface area contributed by atoms with Crippen molar-refractivity contribution in [2.75, 3.05) is 0 Å². The average molecular weight is 265 g/mol. The van der Waals surface area contributed by atoms with E-state index in [-0.39, 0.29) is 5.76 Å². The largest absolute Gasteiger partial charge is 0.475 e. The van der Waals surface area contributed by atoms with Crippen LogP contribution in [0.1, 0.15) is 61.4 Å². The van der Waals surface area contributed by atoms with Crippen LogP contribution in [0.5, 0.6) is 0 Å². The molecular formula is C15H23NO3. The van der Waals surface area contributed by atoms with Crippen LogP contribution in [0.3, 0.4) is 0 Å². The Kier molecular flexibility index (Phi) is 3.99. The highest BCUT2D eigenvalue weighted by Gasteiger charge is 2.26. The lowest BCUT2D eigenvalue weighted by atomic mass is 9.75. The fourth-order valence-corrected chi connectivity index (χ4v) is 2.66. The van der Waals surface area contributed by atoms with Gasteiger partial charge in [0.15, 0.2) is 0 Å². The number of aromatic carboxylic acids is 1. The number of hydrogen-bond acceptors (Lipinski definition) is 3. The van der Waals surface area contributed by atoms with Gasteiger partial charge in [0.05, 0.1) is 0 Å². The van der Waals surface area contributed by atoms with Crippen molar-refractivity contribution in [1.29, 1.82) is 0 Å². The summed E-state index contributed by atoms with van der Waals surface area (Å²) in [7, 11) is 0. The first-order valence-electron chi connectivity index (χ1n) is 6.93. The molecule has 1 fully saturated rings. The standard InChI is InChI=1S/C15H23NO3/c1-10-11(8-13(19-10)14(17)18)9-16-12-4-6-15(2,3)7-5-12/h8,12,16H,4-7,9H2,1-3H3,(H,17,18). The highest BCUT2D eigenvalue weighted by Crippen LogP contribution is 2.35. The molecule has 1 saturated carbocycles. The van der Waals surface area contributed by atoms with Gasteiger partial charge < -0.3 is 14.8 Å². The van der Waals surface area contributed by atoms with Crippen molar-refractivity contribution in [1.82, 2.24) is 5.32 Å². The summed E-state index contributed by atoms with van der Waals surface area (Å²) in [6.07, 6.45) is 4.87. The molecule has 0 spiro atoms.